The molecule has 0 rings (SSSR count). The fourth-order valence-electron chi connectivity index (χ4n) is 0.499. The molecule has 0 atom stereocenters. The zero-order chi connectivity index (χ0) is 10.5. The van der Waals surface area contributed by atoms with Crippen LogP contribution in [0.4, 0.5) is 17.6 Å². The first-order valence-electron chi connectivity index (χ1n) is 3.28. The molecule has 0 aromatic heterocycles. The van der Waals surface area contributed by atoms with Crippen LogP contribution in [0.2, 0.25) is 0 Å². The van der Waals surface area contributed by atoms with Gasteiger partial charge in [0.15, 0.2) is 5.76 Å². The summed E-state index contributed by atoms with van der Waals surface area (Å²) in [6.45, 7) is 4.09. The Morgan fingerprint density at radius 3 is 2.23 bits per heavy atom. The molecule has 0 aromatic rings. The van der Waals surface area contributed by atoms with E-state index >= 15 is 0 Å². The second kappa shape index (κ2) is 4.69. The largest absolute Gasteiger partial charge is 0.573 e. The van der Waals surface area contributed by atoms with Gasteiger partial charge in [0.05, 0.1) is 0 Å². The first kappa shape index (κ1) is 11.7. The second-order valence-electron chi connectivity index (χ2n) is 2.04. The Kier molecular flexibility index (Phi) is 4.23. The average molecular weight is 196 g/mol. The molecule has 0 saturated carbocycles. The Labute approximate surface area is 73.0 Å². The molecule has 0 aliphatic carbocycles. The summed E-state index contributed by atoms with van der Waals surface area (Å²) in [6, 6.07) is 0. The van der Waals surface area contributed by atoms with Gasteiger partial charge in [-0.15, -0.1) is 13.2 Å². The predicted octanol–water partition coefficient (Wildman–Crippen LogP) is 3.47. The van der Waals surface area contributed by atoms with E-state index in [1.54, 1.807) is 0 Å². The molecule has 0 spiro atoms. The van der Waals surface area contributed by atoms with Crippen LogP contribution in [0.5, 0.6) is 0 Å². The van der Waals surface area contributed by atoms with E-state index in [-0.39, 0.29) is 0 Å². The number of hydrogen-bond acceptors (Lipinski definition) is 1. The van der Waals surface area contributed by atoms with Crippen molar-refractivity contribution >= 4 is 0 Å². The second-order valence-corrected chi connectivity index (χ2v) is 2.04. The van der Waals surface area contributed by atoms with Gasteiger partial charge in [-0.05, 0) is 13.0 Å². The highest BCUT2D eigenvalue weighted by atomic mass is 19.4. The van der Waals surface area contributed by atoms with Crippen molar-refractivity contribution in [2.75, 3.05) is 0 Å². The summed E-state index contributed by atoms with van der Waals surface area (Å²) in [4.78, 5) is 0. The summed E-state index contributed by atoms with van der Waals surface area (Å²) < 4.78 is 50.6. The fourth-order valence-corrected chi connectivity index (χ4v) is 0.499. The van der Waals surface area contributed by atoms with E-state index in [2.05, 4.69) is 11.3 Å². The van der Waals surface area contributed by atoms with E-state index in [0.29, 0.717) is 0 Å². The van der Waals surface area contributed by atoms with E-state index in [9.17, 15) is 17.6 Å². The van der Waals surface area contributed by atoms with E-state index in [1.807, 2.05) is 0 Å². The fraction of sp³-hybridized carbons (Fsp3) is 0.250. The molecule has 0 aliphatic rings. The molecule has 0 aliphatic heterocycles. The Morgan fingerprint density at radius 2 is 1.92 bits per heavy atom. The van der Waals surface area contributed by atoms with Crippen molar-refractivity contribution in [3.63, 3.8) is 0 Å². The van der Waals surface area contributed by atoms with E-state index in [4.69, 9.17) is 0 Å². The Balaban J connectivity index is 4.57. The van der Waals surface area contributed by atoms with Gasteiger partial charge in [0.25, 0.3) is 0 Å². The molecule has 0 fully saturated rings. The van der Waals surface area contributed by atoms with Gasteiger partial charge in [-0.3, -0.25) is 0 Å². The van der Waals surface area contributed by atoms with Crippen LogP contribution in [-0.2, 0) is 4.74 Å². The van der Waals surface area contributed by atoms with Crippen molar-refractivity contribution in [1.82, 2.24) is 0 Å². The summed E-state index contributed by atoms with van der Waals surface area (Å²) >= 11 is 0. The highest BCUT2D eigenvalue weighted by molar-refractivity contribution is 5.18. The molecule has 0 amide bonds. The molecule has 13 heavy (non-hydrogen) atoms. The van der Waals surface area contributed by atoms with Crippen molar-refractivity contribution in [2.24, 2.45) is 0 Å². The van der Waals surface area contributed by atoms with Gasteiger partial charge in [0.2, 0.25) is 0 Å². The van der Waals surface area contributed by atoms with Crippen LogP contribution >= 0.6 is 0 Å². The third-order valence-electron chi connectivity index (χ3n) is 0.949. The third-order valence-corrected chi connectivity index (χ3v) is 0.949. The minimum atomic E-state index is -4.88. The quantitative estimate of drug-likeness (QED) is 0.381. The summed E-state index contributed by atoms with van der Waals surface area (Å²) in [5, 5.41) is 0. The van der Waals surface area contributed by atoms with Crippen molar-refractivity contribution in [3.05, 3.63) is 36.4 Å². The van der Waals surface area contributed by atoms with Crippen LogP contribution in [-0.4, -0.2) is 6.36 Å². The highest BCUT2D eigenvalue weighted by Gasteiger charge is 2.32. The van der Waals surface area contributed by atoms with Gasteiger partial charge in [-0.25, -0.2) is 4.39 Å². The summed E-state index contributed by atoms with van der Waals surface area (Å²) in [7, 11) is 0. The SMILES string of the molecule is C=C/C=C\C(OC(F)(F)F)=C(/C)F. The lowest BCUT2D eigenvalue weighted by Gasteiger charge is -2.09. The summed E-state index contributed by atoms with van der Waals surface area (Å²) in [6.07, 6.45) is -1.68. The van der Waals surface area contributed by atoms with Crippen molar-refractivity contribution < 1.29 is 22.3 Å². The minimum Gasteiger partial charge on any atom is -0.403 e. The first-order chi connectivity index (χ1) is 5.87. The number of rotatable bonds is 3. The van der Waals surface area contributed by atoms with Crippen LogP contribution in [0.1, 0.15) is 6.92 Å². The first-order valence-corrected chi connectivity index (χ1v) is 3.28. The molecule has 74 valence electrons. The number of alkyl halides is 3. The molecule has 0 saturated heterocycles. The van der Waals surface area contributed by atoms with Crippen LogP contribution in [0.15, 0.2) is 36.4 Å². The maximum Gasteiger partial charge on any atom is 0.573 e. The van der Waals surface area contributed by atoms with Crippen molar-refractivity contribution in [3.8, 4) is 0 Å². The number of hydrogen-bond donors (Lipinski definition) is 0. The van der Waals surface area contributed by atoms with E-state index in [0.717, 1.165) is 19.1 Å². The van der Waals surface area contributed by atoms with Gasteiger partial charge in [-0.1, -0.05) is 18.7 Å². The Bertz CT molecular complexity index is 233. The van der Waals surface area contributed by atoms with E-state index in [1.165, 1.54) is 6.08 Å². The molecule has 0 heterocycles. The smallest absolute Gasteiger partial charge is 0.403 e. The lowest BCUT2D eigenvalue weighted by molar-refractivity contribution is -0.304. The topological polar surface area (TPSA) is 9.23 Å². The Hall–Kier alpha value is -1.26. The van der Waals surface area contributed by atoms with Crippen LogP contribution in [0, 0.1) is 0 Å². The number of ether oxygens (including phenoxy) is 1. The van der Waals surface area contributed by atoms with Crippen LogP contribution in [0.25, 0.3) is 0 Å². The predicted molar refractivity (Wildman–Crippen MR) is 40.3 cm³/mol. The van der Waals surface area contributed by atoms with Crippen molar-refractivity contribution in [2.45, 2.75) is 13.3 Å². The van der Waals surface area contributed by atoms with Gasteiger partial charge in [0, 0.05) is 0 Å². The van der Waals surface area contributed by atoms with Gasteiger partial charge in [-0.2, -0.15) is 0 Å². The molecule has 0 bridgehead atoms. The Morgan fingerprint density at radius 1 is 1.38 bits per heavy atom. The van der Waals surface area contributed by atoms with Gasteiger partial charge >= 0.3 is 6.36 Å². The maximum absolute atomic E-state index is 12.4. The minimum absolute atomic E-state index is 0.843. The molecule has 0 radical (unpaired) electrons. The van der Waals surface area contributed by atoms with Gasteiger partial charge < -0.3 is 4.74 Å². The molecular formula is C8H8F4O. The molecule has 0 aromatic carbocycles. The molecule has 5 heteroatoms. The lowest BCUT2D eigenvalue weighted by atomic mass is 10.4. The molecule has 0 unspecified atom stereocenters. The van der Waals surface area contributed by atoms with Gasteiger partial charge in [0.1, 0.15) is 5.83 Å². The maximum atomic E-state index is 12.4. The number of allylic oxidation sites excluding steroid dienone is 4. The highest BCUT2D eigenvalue weighted by Crippen LogP contribution is 2.23. The molecule has 1 nitrogen and oxygen atoms in total. The summed E-state index contributed by atoms with van der Waals surface area (Å²) in [5.74, 6) is -1.91. The molecule has 0 N–H and O–H groups in total. The molecular weight excluding hydrogens is 188 g/mol. The zero-order valence-electron chi connectivity index (χ0n) is 6.86. The number of halogens is 4. The zero-order valence-corrected chi connectivity index (χ0v) is 6.86. The van der Waals surface area contributed by atoms with Crippen LogP contribution in [0.3, 0.4) is 0 Å². The normalized spacial score (nSPS) is 14.2. The standard InChI is InChI=1S/C8H8F4O/c1-3-4-5-7(6(2)9)13-8(10,11)12/h3-5H,1H2,2H3/b5-4-,7-6-. The van der Waals surface area contributed by atoms with E-state index < -0.39 is 17.9 Å². The lowest BCUT2D eigenvalue weighted by Crippen LogP contribution is -2.12. The van der Waals surface area contributed by atoms with Crippen LogP contribution < -0.4 is 0 Å². The van der Waals surface area contributed by atoms with Crippen molar-refractivity contribution in [1.29, 1.82) is 0 Å². The summed E-state index contributed by atoms with van der Waals surface area (Å²) in [5.41, 5.74) is 0. The average Bonchev–Trinajstić information content (AvgIpc) is 1.95. The third kappa shape index (κ3) is 5.95. The monoisotopic (exact) mass is 196 g/mol.